The van der Waals surface area contributed by atoms with E-state index in [9.17, 15) is 4.79 Å². The number of rotatable bonds is 7. The third-order valence-electron chi connectivity index (χ3n) is 3.27. The second kappa shape index (κ2) is 8.02. The molecule has 0 saturated carbocycles. The Hall–Kier alpha value is -2.56. The second-order valence-corrected chi connectivity index (χ2v) is 4.92. The van der Waals surface area contributed by atoms with Crippen LogP contribution in [0.1, 0.15) is 13.3 Å². The van der Waals surface area contributed by atoms with Gasteiger partial charge in [-0.25, -0.2) is 0 Å². The van der Waals surface area contributed by atoms with Gasteiger partial charge >= 0.3 is 0 Å². The Kier molecular flexibility index (Phi) is 5.77. The van der Waals surface area contributed by atoms with Crippen LogP contribution in [-0.2, 0) is 4.79 Å². The molecule has 0 fully saturated rings. The van der Waals surface area contributed by atoms with Crippen molar-refractivity contribution in [2.45, 2.75) is 13.3 Å². The molecule has 1 aromatic carbocycles. The zero-order valence-corrected chi connectivity index (χ0v) is 12.8. The SMILES string of the molecule is COc1ccncc1NC(=O)[C@H](C)CCOc1ccccc1. The van der Waals surface area contributed by atoms with Gasteiger partial charge in [0.15, 0.2) is 0 Å². The lowest BCUT2D eigenvalue weighted by atomic mass is 10.1. The largest absolute Gasteiger partial charge is 0.494 e. The smallest absolute Gasteiger partial charge is 0.227 e. The molecule has 0 spiro atoms. The number of benzene rings is 1. The van der Waals surface area contributed by atoms with E-state index in [1.165, 1.54) is 0 Å². The molecule has 1 amide bonds. The minimum Gasteiger partial charge on any atom is -0.494 e. The number of hydrogen-bond donors (Lipinski definition) is 1. The average molecular weight is 300 g/mol. The van der Waals surface area contributed by atoms with Crippen molar-refractivity contribution in [3.8, 4) is 11.5 Å². The summed E-state index contributed by atoms with van der Waals surface area (Å²) in [6.45, 7) is 2.36. The number of nitrogens with one attached hydrogen (secondary N) is 1. The number of pyridine rings is 1. The number of methoxy groups -OCH3 is 1. The fourth-order valence-electron chi connectivity index (χ4n) is 1.91. The highest BCUT2D eigenvalue weighted by Crippen LogP contribution is 2.22. The van der Waals surface area contributed by atoms with Crippen molar-refractivity contribution in [2.75, 3.05) is 19.0 Å². The predicted octanol–water partition coefficient (Wildman–Crippen LogP) is 3.13. The van der Waals surface area contributed by atoms with Gasteiger partial charge in [0.25, 0.3) is 0 Å². The van der Waals surface area contributed by atoms with Crippen LogP contribution in [0.4, 0.5) is 5.69 Å². The first-order valence-electron chi connectivity index (χ1n) is 7.17. The maximum absolute atomic E-state index is 12.2. The normalized spacial score (nSPS) is 11.5. The monoisotopic (exact) mass is 300 g/mol. The maximum atomic E-state index is 12.2. The first-order valence-corrected chi connectivity index (χ1v) is 7.17. The molecule has 1 atom stereocenters. The minimum absolute atomic E-state index is 0.0806. The number of amides is 1. The van der Waals surface area contributed by atoms with Crippen LogP contribution in [0.5, 0.6) is 11.5 Å². The molecule has 116 valence electrons. The standard InChI is InChI=1S/C17H20N2O3/c1-13(9-11-22-14-6-4-3-5-7-14)17(20)19-15-12-18-10-8-16(15)21-2/h3-8,10,12-13H,9,11H2,1-2H3,(H,19,20)/t13-/m1/s1. The molecule has 0 bridgehead atoms. The van der Waals surface area contributed by atoms with Crippen molar-refractivity contribution < 1.29 is 14.3 Å². The molecular weight excluding hydrogens is 280 g/mol. The predicted molar refractivity (Wildman–Crippen MR) is 85.1 cm³/mol. The van der Waals surface area contributed by atoms with Gasteiger partial charge in [-0.1, -0.05) is 25.1 Å². The van der Waals surface area contributed by atoms with Crippen molar-refractivity contribution in [3.05, 3.63) is 48.8 Å². The first-order chi connectivity index (χ1) is 10.7. The van der Waals surface area contributed by atoms with Gasteiger partial charge in [0.2, 0.25) is 5.91 Å². The molecule has 22 heavy (non-hydrogen) atoms. The molecule has 0 aliphatic carbocycles. The Bertz CT molecular complexity index is 602. The number of nitrogens with zero attached hydrogens (tertiary/aromatic N) is 1. The van der Waals surface area contributed by atoms with Gasteiger partial charge < -0.3 is 14.8 Å². The molecule has 0 radical (unpaired) electrons. The molecule has 1 N–H and O–H groups in total. The topological polar surface area (TPSA) is 60.5 Å². The molecule has 5 nitrogen and oxygen atoms in total. The number of para-hydroxylation sites is 1. The zero-order chi connectivity index (χ0) is 15.8. The second-order valence-electron chi connectivity index (χ2n) is 4.92. The van der Waals surface area contributed by atoms with Crippen LogP contribution in [0.15, 0.2) is 48.8 Å². The number of carbonyl (C=O) groups is 1. The van der Waals surface area contributed by atoms with Gasteiger partial charge in [-0.15, -0.1) is 0 Å². The summed E-state index contributed by atoms with van der Waals surface area (Å²) in [4.78, 5) is 16.2. The molecule has 0 unspecified atom stereocenters. The van der Waals surface area contributed by atoms with Crippen LogP contribution in [0.25, 0.3) is 0 Å². The van der Waals surface area contributed by atoms with Gasteiger partial charge in [-0.3, -0.25) is 9.78 Å². The summed E-state index contributed by atoms with van der Waals surface area (Å²) in [5.74, 6) is 1.15. The van der Waals surface area contributed by atoms with Gasteiger partial charge in [-0.2, -0.15) is 0 Å². The molecule has 1 heterocycles. The van der Waals surface area contributed by atoms with Crippen LogP contribution in [-0.4, -0.2) is 24.6 Å². The van der Waals surface area contributed by atoms with E-state index in [1.807, 2.05) is 37.3 Å². The van der Waals surface area contributed by atoms with E-state index >= 15 is 0 Å². The van der Waals surface area contributed by atoms with E-state index in [-0.39, 0.29) is 11.8 Å². The van der Waals surface area contributed by atoms with Gasteiger partial charge in [0, 0.05) is 18.2 Å². The summed E-state index contributed by atoms with van der Waals surface area (Å²) in [6.07, 6.45) is 3.82. The molecule has 2 aromatic rings. The highest BCUT2D eigenvalue weighted by molar-refractivity contribution is 5.93. The Morgan fingerprint density at radius 1 is 1.27 bits per heavy atom. The number of carbonyl (C=O) groups excluding carboxylic acids is 1. The Labute approximate surface area is 130 Å². The summed E-state index contributed by atoms with van der Waals surface area (Å²) in [5, 5.41) is 2.83. The van der Waals surface area contributed by atoms with Crippen molar-refractivity contribution in [1.29, 1.82) is 0 Å². The van der Waals surface area contributed by atoms with Gasteiger partial charge in [0.05, 0.1) is 19.9 Å². The van der Waals surface area contributed by atoms with Crippen molar-refractivity contribution >= 4 is 11.6 Å². The lowest BCUT2D eigenvalue weighted by Gasteiger charge is -2.14. The van der Waals surface area contributed by atoms with Crippen LogP contribution < -0.4 is 14.8 Å². The van der Waals surface area contributed by atoms with Gasteiger partial charge in [-0.05, 0) is 18.6 Å². The maximum Gasteiger partial charge on any atom is 0.227 e. The fourth-order valence-corrected chi connectivity index (χ4v) is 1.91. The molecular formula is C17H20N2O3. The van der Waals surface area contributed by atoms with E-state index in [0.717, 1.165) is 5.75 Å². The lowest BCUT2D eigenvalue weighted by molar-refractivity contribution is -0.119. The summed E-state index contributed by atoms with van der Waals surface area (Å²) in [7, 11) is 1.56. The number of ether oxygens (including phenoxy) is 2. The third kappa shape index (κ3) is 4.48. The third-order valence-corrected chi connectivity index (χ3v) is 3.27. The Morgan fingerprint density at radius 3 is 2.77 bits per heavy atom. The van der Waals surface area contributed by atoms with Crippen molar-refractivity contribution in [2.24, 2.45) is 5.92 Å². The molecule has 5 heteroatoms. The summed E-state index contributed by atoms with van der Waals surface area (Å²) >= 11 is 0. The lowest BCUT2D eigenvalue weighted by Crippen LogP contribution is -2.22. The Balaban J connectivity index is 1.82. The van der Waals surface area contributed by atoms with Crippen LogP contribution >= 0.6 is 0 Å². The van der Waals surface area contributed by atoms with E-state index in [4.69, 9.17) is 9.47 Å². The summed E-state index contributed by atoms with van der Waals surface area (Å²) in [6, 6.07) is 11.3. The summed E-state index contributed by atoms with van der Waals surface area (Å²) < 4.78 is 10.8. The summed E-state index contributed by atoms with van der Waals surface area (Å²) in [5.41, 5.74) is 0.575. The highest BCUT2D eigenvalue weighted by atomic mass is 16.5. The number of anilines is 1. The van der Waals surface area contributed by atoms with Gasteiger partial charge in [0.1, 0.15) is 17.2 Å². The average Bonchev–Trinajstić information content (AvgIpc) is 2.56. The van der Waals surface area contributed by atoms with E-state index < -0.39 is 0 Å². The van der Waals surface area contributed by atoms with Crippen LogP contribution in [0.3, 0.4) is 0 Å². The first kappa shape index (κ1) is 15.8. The van der Waals surface area contributed by atoms with E-state index in [1.54, 1.807) is 25.6 Å². The van der Waals surface area contributed by atoms with Crippen molar-refractivity contribution in [3.63, 3.8) is 0 Å². The van der Waals surface area contributed by atoms with Crippen molar-refractivity contribution in [1.82, 2.24) is 4.98 Å². The fraction of sp³-hybridized carbons (Fsp3) is 0.294. The molecule has 2 rings (SSSR count). The molecule has 1 aromatic heterocycles. The number of hydrogen-bond acceptors (Lipinski definition) is 4. The zero-order valence-electron chi connectivity index (χ0n) is 12.8. The molecule has 0 aliphatic heterocycles. The highest BCUT2D eigenvalue weighted by Gasteiger charge is 2.15. The molecule has 0 aliphatic rings. The Morgan fingerprint density at radius 2 is 2.05 bits per heavy atom. The molecule has 0 saturated heterocycles. The van der Waals surface area contributed by atoms with E-state index in [2.05, 4.69) is 10.3 Å². The number of aromatic nitrogens is 1. The quantitative estimate of drug-likeness (QED) is 0.853. The van der Waals surface area contributed by atoms with Crippen LogP contribution in [0.2, 0.25) is 0 Å². The van der Waals surface area contributed by atoms with Crippen LogP contribution in [0, 0.1) is 5.92 Å². The minimum atomic E-state index is -0.173. The van der Waals surface area contributed by atoms with E-state index in [0.29, 0.717) is 24.5 Å².